The van der Waals surface area contributed by atoms with Gasteiger partial charge in [-0.05, 0) is 78.9 Å². The van der Waals surface area contributed by atoms with Crippen LogP contribution in [0.1, 0.15) is 47.1 Å². The molecule has 0 aliphatic carbocycles. The van der Waals surface area contributed by atoms with Gasteiger partial charge in [0.05, 0.1) is 5.69 Å². The van der Waals surface area contributed by atoms with Crippen LogP contribution >= 0.6 is 31.9 Å². The minimum Gasteiger partial charge on any atom is -0.319 e. The van der Waals surface area contributed by atoms with E-state index in [1.54, 1.807) is 4.68 Å². The second kappa shape index (κ2) is 9.61. The van der Waals surface area contributed by atoms with Crippen molar-refractivity contribution in [2.45, 2.75) is 33.6 Å². The Bertz CT molecular complexity index is 1330. The predicted octanol–water partition coefficient (Wildman–Crippen LogP) is 7.45. The van der Waals surface area contributed by atoms with E-state index in [0.29, 0.717) is 5.82 Å². The maximum atomic E-state index is 13.2. The Hall–Kier alpha value is -2.77. The molecule has 4 rings (SSSR count). The summed E-state index contributed by atoms with van der Waals surface area (Å²) in [7, 11) is 0. The summed E-state index contributed by atoms with van der Waals surface area (Å²) in [4.78, 5) is 17.9. The van der Waals surface area contributed by atoms with Crippen LogP contribution < -0.4 is 5.32 Å². The van der Waals surface area contributed by atoms with Crippen LogP contribution in [0, 0.1) is 13.8 Å². The molecule has 0 saturated carbocycles. The monoisotopic (exact) mass is 566 g/mol. The van der Waals surface area contributed by atoms with Gasteiger partial charge >= 0.3 is 0 Å². The Kier molecular flexibility index (Phi) is 6.81. The number of nitrogens with zero attached hydrogens (tertiary/aromatic N) is 3. The molecule has 0 atom stereocenters. The smallest absolute Gasteiger partial charge is 0.295 e. The summed E-state index contributed by atoms with van der Waals surface area (Å²) in [5.41, 5.74) is 5.86. The third-order valence-electron chi connectivity index (χ3n) is 5.53. The summed E-state index contributed by atoms with van der Waals surface area (Å²) >= 11 is 6.99. The molecule has 168 valence electrons. The molecule has 0 aliphatic heterocycles. The van der Waals surface area contributed by atoms with Crippen LogP contribution in [-0.4, -0.2) is 20.7 Å². The molecular weight excluding hydrogens is 544 g/mol. The maximum absolute atomic E-state index is 13.2. The fourth-order valence-electron chi connectivity index (χ4n) is 3.53. The molecule has 0 fully saturated rings. The molecule has 0 radical (unpaired) electrons. The standard InChI is InChI=1S/C26H24Br2N4O/c1-15(2)22-14-20(28)10-12-23(22)29-26(33)24-30-25(18-6-8-19(27)9-7-18)32(31-24)21-11-5-16(3)17(4)13-21/h5-15H,1-4H3,(H,29,33). The average Bonchev–Trinajstić information content (AvgIpc) is 3.23. The minimum absolute atomic E-state index is 0.115. The van der Waals surface area contributed by atoms with E-state index < -0.39 is 0 Å². The largest absolute Gasteiger partial charge is 0.319 e. The highest BCUT2D eigenvalue weighted by Crippen LogP contribution is 2.29. The first-order valence-electron chi connectivity index (χ1n) is 10.6. The number of benzene rings is 3. The Labute approximate surface area is 210 Å². The lowest BCUT2D eigenvalue weighted by molar-refractivity contribution is 0.101. The molecule has 1 N–H and O–H groups in total. The summed E-state index contributed by atoms with van der Waals surface area (Å²) in [6.07, 6.45) is 0. The minimum atomic E-state index is -0.347. The maximum Gasteiger partial charge on any atom is 0.295 e. The Balaban J connectivity index is 1.77. The molecular formula is C26H24Br2N4O. The van der Waals surface area contributed by atoms with Crippen LogP contribution in [0.25, 0.3) is 17.1 Å². The fraction of sp³-hybridized carbons (Fsp3) is 0.192. The van der Waals surface area contributed by atoms with E-state index in [1.807, 2.05) is 54.6 Å². The van der Waals surface area contributed by atoms with Gasteiger partial charge in [0.25, 0.3) is 5.91 Å². The number of carbonyl (C=O) groups excluding carboxylic acids is 1. The molecule has 33 heavy (non-hydrogen) atoms. The summed E-state index contributed by atoms with van der Waals surface area (Å²) in [5, 5.41) is 7.61. The first kappa shape index (κ1) is 23.4. The molecule has 5 nitrogen and oxygen atoms in total. The van der Waals surface area contributed by atoms with Crippen molar-refractivity contribution in [3.05, 3.63) is 92.1 Å². The van der Waals surface area contributed by atoms with Crippen molar-refractivity contribution in [3.63, 3.8) is 0 Å². The number of halogens is 2. The molecule has 1 amide bonds. The van der Waals surface area contributed by atoms with Gasteiger partial charge in [-0.25, -0.2) is 9.67 Å². The second-order valence-corrected chi connectivity index (χ2v) is 10.1. The van der Waals surface area contributed by atoms with Gasteiger partial charge in [0.15, 0.2) is 5.82 Å². The van der Waals surface area contributed by atoms with Gasteiger partial charge in [-0.2, -0.15) is 0 Å². The zero-order chi connectivity index (χ0) is 23.7. The lowest BCUT2D eigenvalue weighted by Gasteiger charge is -2.13. The molecule has 0 aliphatic rings. The van der Waals surface area contributed by atoms with E-state index in [4.69, 9.17) is 0 Å². The number of amides is 1. The zero-order valence-corrected chi connectivity index (χ0v) is 22.0. The average molecular weight is 568 g/mol. The highest BCUT2D eigenvalue weighted by molar-refractivity contribution is 9.10. The van der Waals surface area contributed by atoms with Gasteiger partial charge in [-0.15, -0.1) is 5.10 Å². The summed E-state index contributed by atoms with van der Waals surface area (Å²) < 4.78 is 3.67. The van der Waals surface area contributed by atoms with E-state index in [9.17, 15) is 4.79 Å². The second-order valence-electron chi connectivity index (χ2n) is 8.29. The van der Waals surface area contributed by atoms with E-state index >= 15 is 0 Å². The van der Waals surface area contributed by atoms with Crippen molar-refractivity contribution in [1.29, 1.82) is 0 Å². The molecule has 4 aromatic rings. The third-order valence-corrected chi connectivity index (χ3v) is 6.55. The van der Waals surface area contributed by atoms with Crippen molar-refractivity contribution in [1.82, 2.24) is 14.8 Å². The van der Waals surface area contributed by atoms with Crippen molar-refractivity contribution in [2.24, 2.45) is 0 Å². The van der Waals surface area contributed by atoms with Crippen LogP contribution in [0.3, 0.4) is 0 Å². The number of aryl methyl sites for hydroxylation is 2. The number of nitrogens with one attached hydrogen (secondary N) is 1. The van der Waals surface area contributed by atoms with Crippen LogP contribution in [0.2, 0.25) is 0 Å². The molecule has 1 heterocycles. The molecule has 7 heteroatoms. The van der Waals surface area contributed by atoms with Gasteiger partial charge in [0.1, 0.15) is 0 Å². The number of aromatic nitrogens is 3. The lowest BCUT2D eigenvalue weighted by Crippen LogP contribution is -2.16. The van der Waals surface area contributed by atoms with Crippen molar-refractivity contribution < 1.29 is 4.79 Å². The van der Waals surface area contributed by atoms with Crippen LogP contribution in [0.5, 0.6) is 0 Å². The highest BCUT2D eigenvalue weighted by Gasteiger charge is 2.20. The summed E-state index contributed by atoms with van der Waals surface area (Å²) in [6.45, 7) is 8.31. The van der Waals surface area contributed by atoms with E-state index in [-0.39, 0.29) is 17.6 Å². The third kappa shape index (κ3) is 5.09. The van der Waals surface area contributed by atoms with Crippen molar-refractivity contribution >= 4 is 43.5 Å². The molecule has 1 aromatic heterocycles. The molecule has 0 saturated heterocycles. The van der Waals surface area contributed by atoms with E-state index in [2.05, 4.69) is 81.0 Å². The zero-order valence-electron chi connectivity index (χ0n) is 18.9. The van der Waals surface area contributed by atoms with Crippen molar-refractivity contribution in [2.75, 3.05) is 5.32 Å². The Morgan fingerprint density at radius 1 is 0.909 bits per heavy atom. The molecule has 3 aromatic carbocycles. The highest BCUT2D eigenvalue weighted by atomic mass is 79.9. The molecule has 0 spiro atoms. The molecule has 0 unspecified atom stereocenters. The van der Waals surface area contributed by atoms with Gasteiger partial charge in [0, 0.05) is 20.2 Å². The van der Waals surface area contributed by atoms with Crippen molar-refractivity contribution in [3.8, 4) is 17.1 Å². The Morgan fingerprint density at radius 2 is 1.61 bits per heavy atom. The number of hydrogen-bond acceptors (Lipinski definition) is 3. The van der Waals surface area contributed by atoms with Crippen LogP contribution in [0.15, 0.2) is 69.6 Å². The lowest BCUT2D eigenvalue weighted by atomic mass is 10.0. The summed E-state index contributed by atoms with van der Waals surface area (Å²) in [6, 6.07) is 19.7. The fourth-order valence-corrected chi connectivity index (χ4v) is 4.18. The topological polar surface area (TPSA) is 59.8 Å². The number of anilines is 1. The SMILES string of the molecule is Cc1ccc(-n2nc(C(=O)Nc3ccc(Br)cc3C(C)C)nc2-c2ccc(Br)cc2)cc1C. The first-order valence-corrected chi connectivity index (χ1v) is 12.2. The van der Waals surface area contributed by atoms with Crippen LogP contribution in [-0.2, 0) is 0 Å². The Morgan fingerprint density at radius 3 is 2.27 bits per heavy atom. The van der Waals surface area contributed by atoms with Gasteiger partial charge in [-0.3, -0.25) is 4.79 Å². The number of hydrogen-bond donors (Lipinski definition) is 1. The molecule has 0 bridgehead atoms. The van der Waals surface area contributed by atoms with Crippen LogP contribution in [0.4, 0.5) is 5.69 Å². The first-order chi connectivity index (χ1) is 15.7. The predicted molar refractivity (Wildman–Crippen MR) is 140 cm³/mol. The normalized spacial score (nSPS) is 11.1. The van der Waals surface area contributed by atoms with Gasteiger partial charge in [0.2, 0.25) is 5.82 Å². The quantitative estimate of drug-likeness (QED) is 0.272. The van der Waals surface area contributed by atoms with Gasteiger partial charge in [-0.1, -0.05) is 63.9 Å². The number of carbonyl (C=O) groups is 1. The van der Waals surface area contributed by atoms with Gasteiger partial charge < -0.3 is 5.32 Å². The van der Waals surface area contributed by atoms with E-state index in [0.717, 1.165) is 37.0 Å². The summed E-state index contributed by atoms with van der Waals surface area (Å²) in [5.74, 6) is 0.622. The number of rotatable bonds is 5. The van der Waals surface area contributed by atoms with E-state index in [1.165, 1.54) is 5.56 Å².